The number of hydrogen-bond acceptors (Lipinski definition) is 5. The Hall–Kier alpha value is -2.51. The fourth-order valence-corrected chi connectivity index (χ4v) is 1.69. The van der Waals surface area contributed by atoms with Gasteiger partial charge in [-0.1, -0.05) is 17.3 Å². The Morgan fingerprint density at radius 2 is 2.14 bits per heavy atom. The Balaban J connectivity index is 2.09. The molecule has 0 fully saturated rings. The van der Waals surface area contributed by atoms with Crippen LogP contribution in [0.15, 0.2) is 28.8 Å². The van der Waals surface area contributed by atoms with Crippen molar-refractivity contribution in [2.24, 2.45) is 0 Å². The van der Waals surface area contributed by atoms with Crippen LogP contribution in [0, 0.1) is 6.92 Å². The van der Waals surface area contributed by atoms with E-state index in [1.165, 1.54) is 19.1 Å². The summed E-state index contributed by atoms with van der Waals surface area (Å²) in [7, 11) is 0. The number of esters is 1. The second kappa shape index (κ2) is 5.47. The first kappa shape index (κ1) is 14.9. The Labute approximate surface area is 117 Å². The van der Waals surface area contributed by atoms with Gasteiger partial charge in [0, 0.05) is 0 Å². The van der Waals surface area contributed by atoms with E-state index in [1.54, 1.807) is 0 Å². The lowest BCUT2D eigenvalue weighted by atomic mass is 10.1. The van der Waals surface area contributed by atoms with Crippen LogP contribution in [0.25, 0.3) is 0 Å². The summed E-state index contributed by atoms with van der Waals surface area (Å²) >= 11 is 0. The molecule has 21 heavy (non-hydrogen) atoms. The minimum absolute atomic E-state index is 0.0259. The van der Waals surface area contributed by atoms with Gasteiger partial charge in [0.05, 0.1) is 11.3 Å². The number of ether oxygens (including phenoxy) is 1. The lowest BCUT2D eigenvalue weighted by Gasteiger charge is -2.09. The van der Waals surface area contributed by atoms with Crippen molar-refractivity contribution in [1.82, 2.24) is 5.16 Å². The van der Waals surface area contributed by atoms with Gasteiger partial charge in [-0.3, -0.25) is 0 Å². The van der Waals surface area contributed by atoms with Crippen LogP contribution in [0.5, 0.6) is 0 Å². The van der Waals surface area contributed by atoms with E-state index < -0.39 is 17.7 Å². The predicted molar refractivity (Wildman–Crippen MR) is 66.2 cm³/mol. The van der Waals surface area contributed by atoms with Gasteiger partial charge in [-0.05, 0) is 24.6 Å². The van der Waals surface area contributed by atoms with Gasteiger partial charge >= 0.3 is 12.1 Å². The zero-order chi connectivity index (χ0) is 15.6. The molecule has 1 aromatic heterocycles. The first-order chi connectivity index (χ1) is 9.79. The zero-order valence-corrected chi connectivity index (χ0v) is 10.9. The highest BCUT2D eigenvalue weighted by Crippen LogP contribution is 2.29. The normalized spacial score (nSPS) is 11.4. The van der Waals surface area contributed by atoms with Gasteiger partial charge in [0.2, 0.25) is 5.88 Å². The lowest BCUT2D eigenvalue weighted by molar-refractivity contribution is -0.137. The molecule has 2 rings (SSSR count). The van der Waals surface area contributed by atoms with Gasteiger partial charge in [0.1, 0.15) is 12.2 Å². The van der Waals surface area contributed by atoms with E-state index in [1.807, 2.05) is 0 Å². The first-order valence-corrected chi connectivity index (χ1v) is 5.84. The Morgan fingerprint density at radius 3 is 2.71 bits per heavy atom. The van der Waals surface area contributed by atoms with Gasteiger partial charge in [-0.15, -0.1) is 0 Å². The first-order valence-electron chi connectivity index (χ1n) is 5.84. The van der Waals surface area contributed by atoms with Crippen molar-refractivity contribution in [2.75, 3.05) is 5.73 Å². The smallest absolute Gasteiger partial charge is 0.416 e. The molecule has 1 heterocycles. The fraction of sp³-hybridized carbons (Fsp3) is 0.231. The summed E-state index contributed by atoms with van der Waals surface area (Å²) < 4.78 is 47.2. The van der Waals surface area contributed by atoms with E-state index in [2.05, 4.69) is 9.68 Å². The van der Waals surface area contributed by atoms with E-state index in [0.717, 1.165) is 12.1 Å². The number of halogens is 3. The minimum atomic E-state index is -4.45. The number of nitrogens with zero attached hydrogens (tertiary/aromatic N) is 1. The number of carbonyl (C=O) groups is 1. The summed E-state index contributed by atoms with van der Waals surface area (Å²) in [6.45, 7) is 1.19. The van der Waals surface area contributed by atoms with Crippen LogP contribution in [0.2, 0.25) is 0 Å². The monoisotopic (exact) mass is 300 g/mol. The molecule has 2 aromatic rings. The van der Waals surface area contributed by atoms with Gasteiger partial charge in [-0.2, -0.15) is 13.2 Å². The molecule has 8 heteroatoms. The third-order valence-electron chi connectivity index (χ3n) is 2.72. The van der Waals surface area contributed by atoms with Gasteiger partial charge < -0.3 is 15.0 Å². The SMILES string of the molecule is Cc1noc(N)c1C(=O)OCc1cccc(C(F)(F)F)c1. The number of carbonyl (C=O) groups excluding carboxylic acids is 1. The van der Waals surface area contributed by atoms with Crippen LogP contribution in [0.1, 0.15) is 27.2 Å². The maximum atomic E-state index is 12.6. The second-order valence-corrected chi connectivity index (χ2v) is 4.28. The van der Waals surface area contributed by atoms with Gasteiger partial charge in [0.15, 0.2) is 0 Å². The summed E-state index contributed by atoms with van der Waals surface area (Å²) in [5.74, 6) is -0.995. The molecule has 0 saturated carbocycles. The van der Waals surface area contributed by atoms with Crippen LogP contribution >= 0.6 is 0 Å². The summed E-state index contributed by atoms with van der Waals surface area (Å²) in [6.07, 6.45) is -4.45. The van der Waals surface area contributed by atoms with E-state index in [9.17, 15) is 18.0 Å². The molecule has 0 radical (unpaired) electrons. The van der Waals surface area contributed by atoms with E-state index in [-0.39, 0.29) is 29.3 Å². The molecule has 2 N–H and O–H groups in total. The van der Waals surface area contributed by atoms with Gasteiger partial charge in [-0.25, -0.2) is 4.79 Å². The van der Waals surface area contributed by atoms with Crippen molar-refractivity contribution >= 4 is 11.9 Å². The number of hydrogen-bond donors (Lipinski definition) is 1. The third-order valence-corrected chi connectivity index (χ3v) is 2.72. The molecular weight excluding hydrogens is 289 g/mol. The van der Waals surface area contributed by atoms with Crippen LogP contribution in [-0.2, 0) is 17.5 Å². The van der Waals surface area contributed by atoms with E-state index in [0.29, 0.717) is 0 Å². The Kier molecular flexibility index (Phi) is 3.88. The summed E-state index contributed by atoms with van der Waals surface area (Å²) in [5, 5.41) is 3.49. The van der Waals surface area contributed by atoms with Crippen molar-refractivity contribution in [2.45, 2.75) is 19.7 Å². The number of nitrogens with two attached hydrogens (primary N) is 1. The lowest BCUT2D eigenvalue weighted by Crippen LogP contribution is -2.09. The number of rotatable bonds is 3. The van der Waals surface area contributed by atoms with Crippen molar-refractivity contribution in [3.8, 4) is 0 Å². The molecule has 112 valence electrons. The minimum Gasteiger partial charge on any atom is -0.457 e. The quantitative estimate of drug-likeness (QED) is 0.882. The number of benzene rings is 1. The highest BCUT2D eigenvalue weighted by atomic mass is 19.4. The largest absolute Gasteiger partial charge is 0.457 e. The molecular formula is C13H11F3N2O3. The highest BCUT2D eigenvalue weighted by Gasteiger charge is 2.30. The van der Waals surface area contributed by atoms with Crippen molar-refractivity contribution in [3.05, 3.63) is 46.6 Å². The van der Waals surface area contributed by atoms with Crippen LogP contribution in [-0.4, -0.2) is 11.1 Å². The van der Waals surface area contributed by atoms with Crippen molar-refractivity contribution < 1.29 is 27.2 Å². The zero-order valence-electron chi connectivity index (χ0n) is 10.9. The average Bonchev–Trinajstić information content (AvgIpc) is 2.75. The molecule has 0 atom stereocenters. The molecule has 0 aliphatic heterocycles. The van der Waals surface area contributed by atoms with Crippen LogP contribution in [0.3, 0.4) is 0 Å². The second-order valence-electron chi connectivity index (χ2n) is 4.28. The maximum absolute atomic E-state index is 12.6. The topological polar surface area (TPSA) is 78.4 Å². The number of aromatic nitrogens is 1. The number of alkyl halides is 3. The molecule has 1 aromatic carbocycles. The summed E-state index contributed by atoms with van der Waals surface area (Å²) in [5.41, 5.74) is 5.04. The molecule has 0 unspecified atom stereocenters. The number of anilines is 1. The van der Waals surface area contributed by atoms with Crippen molar-refractivity contribution in [1.29, 1.82) is 0 Å². The molecule has 0 amide bonds. The Morgan fingerprint density at radius 1 is 1.43 bits per heavy atom. The van der Waals surface area contributed by atoms with E-state index in [4.69, 9.17) is 10.5 Å². The average molecular weight is 300 g/mol. The van der Waals surface area contributed by atoms with Gasteiger partial charge in [0.25, 0.3) is 0 Å². The standard InChI is InChI=1S/C13H11F3N2O3/c1-7-10(11(17)21-18-7)12(19)20-6-8-3-2-4-9(5-8)13(14,15)16/h2-5H,6,17H2,1H3. The number of nitrogen functional groups attached to an aromatic ring is 1. The summed E-state index contributed by atoms with van der Waals surface area (Å²) in [4.78, 5) is 11.8. The molecule has 5 nitrogen and oxygen atoms in total. The fourth-order valence-electron chi connectivity index (χ4n) is 1.69. The van der Waals surface area contributed by atoms with Crippen LogP contribution < -0.4 is 5.73 Å². The summed E-state index contributed by atoms with van der Waals surface area (Å²) in [6, 6.07) is 4.52. The molecule has 0 saturated heterocycles. The molecule has 0 spiro atoms. The number of aryl methyl sites for hydroxylation is 1. The van der Waals surface area contributed by atoms with E-state index >= 15 is 0 Å². The third kappa shape index (κ3) is 3.33. The molecule has 0 aliphatic carbocycles. The van der Waals surface area contributed by atoms with Crippen molar-refractivity contribution in [3.63, 3.8) is 0 Å². The molecule has 0 bridgehead atoms. The highest BCUT2D eigenvalue weighted by molar-refractivity contribution is 5.94. The maximum Gasteiger partial charge on any atom is 0.416 e. The van der Waals surface area contributed by atoms with Crippen LogP contribution in [0.4, 0.5) is 19.1 Å². The Bertz CT molecular complexity index is 645. The molecule has 0 aliphatic rings. The predicted octanol–water partition coefficient (Wildman–Crippen LogP) is 2.94.